The van der Waals surface area contributed by atoms with E-state index in [4.69, 9.17) is 0 Å². The highest BCUT2D eigenvalue weighted by molar-refractivity contribution is 7.79. The average Bonchev–Trinajstić information content (AvgIpc) is 2.80. The van der Waals surface area contributed by atoms with Crippen LogP contribution in [0.5, 0.6) is 0 Å². The Bertz CT molecular complexity index is 934. The fraction of sp³-hybridized carbons (Fsp3) is 0.280. The fourth-order valence-corrected chi connectivity index (χ4v) is 7.62. The minimum absolute atomic E-state index is 0.303. The predicted molar refractivity (Wildman–Crippen MR) is 117 cm³/mol. The lowest BCUT2D eigenvalue weighted by atomic mass is 9.72. The Kier molecular flexibility index (Phi) is 5.72. The summed E-state index contributed by atoms with van der Waals surface area (Å²) in [5.41, 5.74) is -0.772. The van der Waals surface area contributed by atoms with E-state index in [1.807, 2.05) is 42.5 Å². The molecule has 150 valence electrons. The highest BCUT2D eigenvalue weighted by Gasteiger charge is 2.55. The summed E-state index contributed by atoms with van der Waals surface area (Å²) in [4.78, 5) is 0. The maximum absolute atomic E-state index is 16.5. The molecule has 1 N–H and O–H groups in total. The second-order valence-corrected chi connectivity index (χ2v) is 10.7. The van der Waals surface area contributed by atoms with Gasteiger partial charge in [0.05, 0.1) is 0 Å². The van der Waals surface area contributed by atoms with Crippen LogP contribution in [0, 0.1) is 0 Å². The zero-order valence-electron chi connectivity index (χ0n) is 16.3. The third-order valence-corrected chi connectivity index (χ3v) is 9.35. The Balaban J connectivity index is 1.85. The van der Waals surface area contributed by atoms with E-state index in [0.717, 1.165) is 18.4 Å². The van der Waals surface area contributed by atoms with Gasteiger partial charge in [-0.05, 0) is 18.4 Å². The standard InChI is InChI=1S/C25H26FO2P/c26-24(25(27)19-11-10-18-23(25)20-12-4-1-5-13-20)29(28,21-14-6-2-7-15-21)22-16-8-3-9-17-22/h1-9,12-17,23-24,27H,10-11,18-19H2/t23-,24-,25+/m0/s1. The summed E-state index contributed by atoms with van der Waals surface area (Å²) in [6.45, 7) is 0. The van der Waals surface area contributed by atoms with Crippen molar-refractivity contribution in [2.45, 2.75) is 43.1 Å². The third-order valence-electron chi connectivity index (χ3n) is 6.14. The largest absolute Gasteiger partial charge is 0.386 e. The summed E-state index contributed by atoms with van der Waals surface area (Å²) in [6, 6.07) is 27.2. The summed E-state index contributed by atoms with van der Waals surface area (Å²) in [5.74, 6) is -2.27. The van der Waals surface area contributed by atoms with Gasteiger partial charge in [0, 0.05) is 16.5 Å². The Labute approximate surface area is 171 Å². The van der Waals surface area contributed by atoms with E-state index in [0.29, 0.717) is 23.5 Å². The third kappa shape index (κ3) is 3.58. The molecule has 4 rings (SSSR count). The first-order valence-corrected chi connectivity index (χ1v) is 12.0. The van der Waals surface area contributed by atoms with E-state index in [1.165, 1.54) is 0 Å². The number of benzene rings is 3. The van der Waals surface area contributed by atoms with Crippen LogP contribution >= 0.6 is 7.14 Å². The van der Waals surface area contributed by atoms with E-state index in [9.17, 15) is 9.67 Å². The van der Waals surface area contributed by atoms with Crippen molar-refractivity contribution in [1.29, 1.82) is 0 Å². The summed E-state index contributed by atoms with van der Waals surface area (Å²) in [7, 11) is -3.72. The molecule has 2 nitrogen and oxygen atoms in total. The Morgan fingerprint density at radius 3 is 1.83 bits per heavy atom. The van der Waals surface area contributed by atoms with Crippen LogP contribution in [0.3, 0.4) is 0 Å². The Morgan fingerprint density at radius 1 is 0.828 bits per heavy atom. The Morgan fingerprint density at radius 2 is 1.31 bits per heavy atom. The average molecular weight is 408 g/mol. The van der Waals surface area contributed by atoms with Gasteiger partial charge in [0.1, 0.15) is 5.60 Å². The number of rotatable bonds is 5. The van der Waals surface area contributed by atoms with E-state index < -0.39 is 18.7 Å². The van der Waals surface area contributed by atoms with Crippen molar-refractivity contribution in [3.8, 4) is 0 Å². The summed E-state index contributed by atoms with van der Waals surface area (Å²) >= 11 is 0. The van der Waals surface area contributed by atoms with Gasteiger partial charge in [-0.3, -0.25) is 0 Å². The van der Waals surface area contributed by atoms with Crippen LogP contribution in [0.15, 0.2) is 91.0 Å². The molecule has 0 bridgehead atoms. The fourth-order valence-electron chi connectivity index (χ4n) is 4.63. The molecule has 1 aliphatic rings. The van der Waals surface area contributed by atoms with Crippen molar-refractivity contribution in [2.24, 2.45) is 0 Å². The maximum atomic E-state index is 16.5. The van der Waals surface area contributed by atoms with Crippen LogP contribution in [0.2, 0.25) is 0 Å². The molecule has 1 fully saturated rings. The molecule has 1 aliphatic carbocycles. The summed E-state index contributed by atoms with van der Waals surface area (Å²) in [5, 5.41) is 12.7. The van der Waals surface area contributed by atoms with Gasteiger partial charge in [0.25, 0.3) is 0 Å². The molecule has 4 heteroatoms. The van der Waals surface area contributed by atoms with Crippen molar-refractivity contribution in [1.82, 2.24) is 0 Å². The van der Waals surface area contributed by atoms with Crippen LogP contribution in [-0.2, 0) is 4.57 Å². The maximum Gasteiger partial charge on any atom is 0.189 e. The van der Waals surface area contributed by atoms with Gasteiger partial charge in [-0.2, -0.15) is 0 Å². The van der Waals surface area contributed by atoms with Gasteiger partial charge in [0.15, 0.2) is 13.1 Å². The molecular weight excluding hydrogens is 382 g/mol. The van der Waals surface area contributed by atoms with Gasteiger partial charge < -0.3 is 9.67 Å². The predicted octanol–water partition coefficient (Wildman–Crippen LogP) is 5.39. The number of halogens is 1. The quantitative estimate of drug-likeness (QED) is 0.575. The second kappa shape index (κ2) is 8.26. The Hall–Kier alpha value is -2.22. The van der Waals surface area contributed by atoms with Gasteiger partial charge in [0.2, 0.25) is 0 Å². The van der Waals surface area contributed by atoms with Crippen LogP contribution in [0.4, 0.5) is 4.39 Å². The molecular formula is C25H26FO2P. The lowest BCUT2D eigenvalue weighted by Crippen LogP contribution is -2.49. The molecule has 0 aromatic heterocycles. The monoisotopic (exact) mass is 408 g/mol. The van der Waals surface area contributed by atoms with Crippen molar-refractivity contribution in [3.63, 3.8) is 0 Å². The van der Waals surface area contributed by atoms with Crippen LogP contribution in [0.25, 0.3) is 0 Å². The smallest absolute Gasteiger partial charge is 0.189 e. The van der Waals surface area contributed by atoms with Crippen LogP contribution < -0.4 is 10.6 Å². The number of alkyl halides is 1. The highest BCUT2D eigenvalue weighted by atomic mass is 31.2. The summed E-state index contributed by atoms with van der Waals surface area (Å²) < 4.78 is 31.0. The lowest BCUT2D eigenvalue weighted by Gasteiger charge is -2.44. The van der Waals surface area contributed by atoms with Crippen molar-refractivity contribution < 1.29 is 14.1 Å². The minimum Gasteiger partial charge on any atom is -0.386 e. The molecule has 1 saturated carbocycles. The van der Waals surface area contributed by atoms with Crippen molar-refractivity contribution >= 4 is 17.8 Å². The molecule has 3 aromatic carbocycles. The SMILES string of the molecule is O=P(c1ccccc1)(c1ccccc1)[C@H](F)[C@@]1(O)CCCC[C@H]1c1ccccc1. The molecule has 0 amide bonds. The second-order valence-electron chi connectivity index (χ2n) is 7.87. The molecule has 0 radical (unpaired) electrons. The highest BCUT2D eigenvalue weighted by Crippen LogP contribution is 2.59. The van der Waals surface area contributed by atoms with Gasteiger partial charge in [-0.1, -0.05) is 104 Å². The van der Waals surface area contributed by atoms with E-state index in [2.05, 4.69) is 0 Å². The van der Waals surface area contributed by atoms with Crippen LogP contribution in [0.1, 0.15) is 37.2 Å². The first kappa shape index (κ1) is 20.1. The molecule has 29 heavy (non-hydrogen) atoms. The zero-order valence-corrected chi connectivity index (χ0v) is 17.2. The molecule has 0 spiro atoms. The first-order chi connectivity index (χ1) is 14.1. The van der Waals surface area contributed by atoms with Gasteiger partial charge in [-0.15, -0.1) is 0 Å². The van der Waals surface area contributed by atoms with Gasteiger partial charge in [-0.25, -0.2) is 4.39 Å². The number of aliphatic hydroxyl groups is 1. The zero-order chi connectivity index (χ0) is 20.3. The lowest BCUT2D eigenvalue weighted by molar-refractivity contribution is -0.0519. The minimum atomic E-state index is -3.72. The number of hydrogen-bond donors (Lipinski definition) is 1. The topological polar surface area (TPSA) is 37.3 Å². The molecule has 3 atom stereocenters. The van der Waals surface area contributed by atoms with Crippen molar-refractivity contribution in [3.05, 3.63) is 96.6 Å². The van der Waals surface area contributed by atoms with E-state index >= 15 is 4.39 Å². The first-order valence-electron chi connectivity index (χ1n) is 10.2. The molecule has 0 aliphatic heterocycles. The van der Waals surface area contributed by atoms with Crippen LogP contribution in [-0.4, -0.2) is 16.6 Å². The van der Waals surface area contributed by atoms with Gasteiger partial charge >= 0.3 is 0 Å². The molecule has 0 unspecified atom stereocenters. The molecule has 0 heterocycles. The van der Waals surface area contributed by atoms with E-state index in [-0.39, 0.29) is 5.92 Å². The number of hydrogen-bond acceptors (Lipinski definition) is 2. The molecule has 3 aromatic rings. The van der Waals surface area contributed by atoms with Crippen molar-refractivity contribution in [2.75, 3.05) is 0 Å². The molecule has 0 saturated heterocycles. The normalized spacial score (nSPS) is 23.4. The summed E-state index contributed by atoms with van der Waals surface area (Å²) in [6.07, 6.45) is 2.64. The van der Waals surface area contributed by atoms with E-state index in [1.54, 1.807) is 48.5 Å².